The van der Waals surface area contributed by atoms with Crippen molar-refractivity contribution in [1.82, 2.24) is 10.6 Å². The second-order valence-electron chi connectivity index (χ2n) is 4.72. The third kappa shape index (κ3) is 7.16. The number of aliphatic hydroxyl groups is 1. The zero-order valence-electron chi connectivity index (χ0n) is 12.1. The van der Waals surface area contributed by atoms with E-state index in [0.717, 1.165) is 0 Å². The maximum atomic E-state index is 12.3. The van der Waals surface area contributed by atoms with E-state index in [1.165, 1.54) is 18.2 Å². The quantitative estimate of drug-likeness (QED) is 0.721. The zero-order valence-corrected chi connectivity index (χ0v) is 12.1. The van der Waals surface area contributed by atoms with Gasteiger partial charge in [-0.25, -0.2) is 4.79 Å². The van der Waals surface area contributed by atoms with E-state index in [9.17, 15) is 18.0 Å². The molecule has 1 atom stereocenters. The van der Waals surface area contributed by atoms with Gasteiger partial charge in [-0.2, -0.15) is 0 Å². The highest BCUT2D eigenvalue weighted by atomic mass is 19.4. The molecule has 2 amide bonds. The van der Waals surface area contributed by atoms with Crippen molar-refractivity contribution in [2.24, 2.45) is 0 Å². The molecule has 0 aromatic heterocycles. The predicted octanol–water partition coefficient (Wildman–Crippen LogP) is 2.20. The van der Waals surface area contributed by atoms with Gasteiger partial charge in [-0.3, -0.25) is 0 Å². The van der Waals surface area contributed by atoms with Gasteiger partial charge in [-0.15, -0.1) is 13.2 Å². The number of hydrogen-bond acceptors (Lipinski definition) is 3. The molecule has 22 heavy (non-hydrogen) atoms. The number of urea groups is 1. The Labute approximate surface area is 126 Å². The van der Waals surface area contributed by atoms with Crippen LogP contribution >= 0.6 is 0 Å². The van der Waals surface area contributed by atoms with E-state index in [2.05, 4.69) is 15.4 Å². The molecule has 0 aliphatic heterocycles. The first-order chi connectivity index (χ1) is 10.3. The Bertz CT molecular complexity index is 481. The summed E-state index contributed by atoms with van der Waals surface area (Å²) in [5.41, 5.74) is 0.350. The van der Waals surface area contributed by atoms with Gasteiger partial charge in [0.1, 0.15) is 5.75 Å². The Morgan fingerprint density at radius 1 is 1.36 bits per heavy atom. The molecule has 0 aliphatic rings. The summed E-state index contributed by atoms with van der Waals surface area (Å²) in [6.45, 7) is 1.86. The van der Waals surface area contributed by atoms with Gasteiger partial charge in [0.2, 0.25) is 0 Å². The number of para-hydroxylation sites is 1. The molecule has 124 valence electrons. The molecule has 5 nitrogen and oxygen atoms in total. The molecule has 1 aromatic rings. The first-order valence-corrected chi connectivity index (χ1v) is 6.80. The smallest absolute Gasteiger partial charge is 0.406 e. The fourth-order valence-corrected chi connectivity index (χ4v) is 1.79. The van der Waals surface area contributed by atoms with Crippen LogP contribution in [-0.2, 0) is 6.42 Å². The van der Waals surface area contributed by atoms with Gasteiger partial charge in [0.05, 0.1) is 0 Å². The van der Waals surface area contributed by atoms with Crippen molar-refractivity contribution in [2.75, 3.05) is 13.2 Å². The van der Waals surface area contributed by atoms with Gasteiger partial charge < -0.3 is 20.5 Å². The summed E-state index contributed by atoms with van der Waals surface area (Å²) in [5.74, 6) is -0.272. The van der Waals surface area contributed by atoms with E-state index in [4.69, 9.17) is 5.11 Å². The number of halogens is 3. The molecule has 0 aliphatic carbocycles. The maximum Gasteiger partial charge on any atom is 0.573 e. The third-order valence-corrected chi connectivity index (χ3v) is 2.82. The summed E-state index contributed by atoms with van der Waals surface area (Å²) in [6, 6.07) is 5.16. The number of hydrogen-bond donors (Lipinski definition) is 3. The van der Waals surface area contributed by atoms with E-state index < -0.39 is 12.4 Å². The van der Waals surface area contributed by atoms with Gasteiger partial charge in [0.25, 0.3) is 0 Å². The fourth-order valence-electron chi connectivity index (χ4n) is 1.79. The first-order valence-electron chi connectivity index (χ1n) is 6.80. The molecule has 0 unspecified atom stereocenters. The summed E-state index contributed by atoms with van der Waals surface area (Å²) in [7, 11) is 0. The SMILES string of the molecule is C[C@H](CCO)NC(=O)NCCc1ccccc1OC(F)(F)F. The number of alkyl halides is 3. The molecule has 3 N–H and O–H groups in total. The summed E-state index contributed by atoms with van der Waals surface area (Å²) in [6.07, 6.45) is -4.12. The summed E-state index contributed by atoms with van der Waals surface area (Å²) >= 11 is 0. The van der Waals surface area contributed by atoms with Crippen molar-refractivity contribution in [3.63, 3.8) is 0 Å². The first kappa shape index (κ1) is 18.1. The van der Waals surface area contributed by atoms with Gasteiger partial charge in [-0.05, 0) is 31.4 Å². The second kappa shape index (κ2) is 8.47. The number of aliphatic hydroxyl groups excluding tert-OH is 1. The van der Waals surface area contributed by atoms with Gasteiger partial charge in [0, 0.05) is 19.2 Å². The number of nitrogens with one attached hydrogen (secondary N) is 2. The van der Waals surface area contributed by atoms with Crippen molar-refractivity contribution in [1.29, 1.82) is 0 Å². The molecular formula is C14H19F3N2O3. The number of carbonyl (C=O) groups is 1. The zero-order chi connectivity index (χ0) is 16.6. The van der Waals surface area contributed by atoms with E-state index in [1.807, 2.05) is 0 Å². The summed E-state index contributed by atoms with van der Waals surface area (Å²) in [4.78, 5) is 11.5. The van der Waals surface area contributed by atoms with Gasteiger partial charge >= 0.3 is 12.4 Å². The molecule has 0 fully saturated rings. The van der Waals surface area contributed by atoms with Crippen molar-refractivity contribution >= 4 is 6.03 Å². The molecule has 0 heterocycles. The molecule has 1 aromatic carbocycles. The molecule has 0 bridgehead atoms. The van der Waals surface area contributed by atoms with Crippen LogP contribution in [0.4, 0.5) is 18.0 Å². The number of benzene rings is 1. The highest BCUT2D eigenvalue weighted by Crippen LogP contribution is 2.26. The maximum absolute atomic E-state index is 12.3. The van der Waals surface area contributed by atoms with E-state index in [1.54, 1.807) is 13.0 Å². The lowest BCUT2D eigenvalue weighted by atomic mass is 10.1. The average molecular weight is 320 g/mol. The number of amides is 2. The van der Waals surface area contributed by atoms with Gasteiger partial charge in [-0.1, -0.05) is 18.2 Å². The van der Waals surface area contributed by atoms with Crippen LogP contribution in [0.3, 0.4) is 0 Å². The van der Waals surface area contributed by atoms with Crippen LogP contribution in [-0.4, -0.2) is 36.7 Å². The standard InChI is InChI=1S/C14H19F3N2O3/c1-10(7-9-20)19-13(21)18-8-6-11-4-2-3-5-12(11)22-14(15,16)17/h2-5,10,20H,6-9H2,1H3,(H2,18,19,21)/t10-/m1/s1. The lowest BCUT2D eigenvalue weighted by Gasteiger charge is -2.15. The Morgan fingerprint density at radius 3 is 2.68 bits per heavy atom. The Balaban J connectivity index is 2.46. The van der Waals surface area contributed by atoms with Crippen LogP contribution in [0.2, 0.25) is 0 Å². The Hall–Kier alpha value is -1.96. The van der Waals surface area contributed by atoms with Crippen LogP contribution in [0.15, 0.2) is 24.3 Å². The average Bonchev–Trinajstić information content (AvgIpc) is 2.39. The normalized spacial score (nSPS) is 12.6. The highest BCUT2D eigenvalue weighted by molar-refractivity contribution is 5.74. The molecule has 0 radical (unpaired) electrons. The minimum atomic E-state index is -4.75. The lowest BCUT2D eigenvalue weighted by Crippen LogP contribution is -2.41. The summed E-state index contributed by atoms with van der Waals surface area (Å²) in [5, 5.41) is 13.9. The molecule has 1 rings (SSSR count). The van der Waals surface area contributed by atoms with E-state index in [-0.39, 0.29) is 31.4 Å². The third-order valence-electron chi connectivity index (χ3n) is 2.82. The Morgan fingerprint density at radius 2 is 2.05 bits per heavy atom. The van der Waals surface area contributed by atoms with Crippen molar-refractivity contribution in [3.8, 4) is 5.75 Å². The van der Waals surface area contributed by atoms with Crippen molar-refractivity contribution in [3.05, 3.63) is 29.8 Å². The number of carbonyl (C=O) groups excluding carboxylic acids is 1. The van der Waals surface area contributed by atoms with E-state index >= 15 is 0 Å². The second-order valence-corrected chi connectivity index (χ2v) is 4.72. The van der Waals surface area contributed by atoms with Crippen LogP contribution < -0.4 is 15.4 Å². The van der Waals surface area contributed by atoms with Crippen molar-refractivity contribution < 1.29 is 27.8 Å². The largest absolute Gasteiger partial charge is 0.573 e. The topological polar surface area (TPSA) is 70.6 Å². The predicted molar refractivity (Wildman–Crippen MR) is 74.5 cm³/mol. The summed E-state index contributed by atoms with van der Waals surface area (Å²) < 4.78 is 40.7. The minimum absolute atomic E-state index is 0.0381. The molecule has 0 saturated heterocycles. The number of rotatable bonds is 7. The molecular weight excluding hydrogens is 301 g/mol. The van der Waals surface area contributed by atoms with Gasteiger partial charge in [0.15, 0.2) is 0 Å². The van der Waals surface area contributed by atoms with Crippen molar-refractivity contribution in [2.45, 2.75) is 32.2 Å². The van der Waals surface area contributed by atoms with Crippen LogP contribution in [0.5, 0.6) is 5.75 Å². The number of ether oxygens (including phenoxy) is 1. The van der Waals surface area contributed by atoms with Crippen LogP contribution in [0.1, 0.15) is 18.9 Å². The Kier molecular flexibility index (Phi) is 6.97. The molecule has 0 spiro atoms. The van der Waals surface area contributed by atoms with Crippen LogP contribution in [0.25, 0.3) is 0 Å². The fraction of sp³-hybridized carbons (Fsp3) is 0.500. The molecule has 0 saturated carbocycles. The van der Waals surface area contributed by atoms with Crippen LogP contribution in [0, 0.1) is 0 Å². The lowest BCUT2D eigenvalue weighted by molar-refractivity contribution is -0.274. The molecule has 8 heteroatoms. The highest BCUT2D eigenvalue weighted by Gasteiger charge is 2.31. The van der Waals surface area contributed by atoms with E-state index in [0.29, 0.717) is 12.0 Å². The monoisotopic (exact) mass is 320 g/mol. The minimum Gasteiger partial charge on any atom is -0.406 e.